The molecule has 0 aliphatic carbocycles. The van der Waals surface area contributed by atoms with Crippen molar-refractivity contribution in [2.24, 2.45) is 11.7 Å². The Bertz CT molecular complexity index is 518. The van der Waals surface area contributed by atoms with Crippen LogP contribution in [-0.4, -0.2) is 92.1 Å². The normalized spacial score (nSPS) is 20.9. The average Bonchev–Trinajstić information content (AvgIpc) is 2.97. The number of hydrogen-bond donors (Lipinski definition) is 3. The maximum Gasteiger partial charge on any atom is 0.239 e. The summed E-state index contributed by atoms with van der Waals surface area (Å²) in [6, 6.07) is -0.845. The molecular weight excluding hydrogens is 409 g/mol. The predicted octanol–water partition coefficient (Wildman–Crippen LogP) is -1.02. The largest absolute Gasteiger partial charge is 0.379 e. The van der Waals surface area contributed by atoms with Crippen molar-refractivity contribution in [3.63, 3.8) is 0 Å². The van der Waals surface area contributed by atoms with Crippen molar-refractivity contribution in [2.45, 2.75) is 32.4 Å². The molecular formula is C17H33Cl2N5O4. The van der Waals surface area contributed by atoms with Crippen LogP contribution in [0.2, 0.25) is 0 Å². The zero-order valence-corrected chi connectivity index (χ0v) is 18.2. The number of morpholine rings is 1. The van der Waals surface area contributed by atoms with Crippen LogP contribution in [-0.2, 0) is 19.1 Å². The van der Waals surface area contributed by atoms with Crippen LogP contribution in [0, 0.1) is 5.92 Å². The molecule has 0 spiro atoms. The molecule has 11 heteroatoms. The van der Waals surface area contributed by atoms with Gasteiger partial charge in [-0.25, -0.2) is 0 Å². The molecule has 0 aromatic heterocycles. The standard InChI is InChI=1S/C17H31N5O4.2ClH/c1-12(2)16(18)17(25)19-10-14(23)20-13-9-15(24)22(11-13)4-3-21-5-7-26-8-6-21;;/h12-13,16H,3-11,18H2,1-2H3,(H,19,25)(H,20,23);2*1H/t13?,16-;;/m0../s1. The third-order valence-electron chi connectivity index (χ3n) is 4.81. The average molecular weight is 442 g/mol. The highest BCUT2D eigenvalue weighted by molar-refractivity contribution is 5.88. The Hall–Kier alpha value is -1.13. The number of halogens is 2. The fourth-order valence-corrected chi connectivity index (χ4v) is 3.04. The zero-order valence-electron chi connectivity index (χ0n) is 16.5. The van der Waals surface area contributed by atoms with Gasteiger partial charge in [-0.2, -0.15) is 0 Å². The van der Waals surface area contributed by atoms with Crippen LogP contribution in [0.4, 0.5) is 0 Å². The molecule has 2 fully saturated rings. The van der Waals surface area contributed by atoms with Crippen LogP contribution >= 0.6 is 24.8 Å². The Balaban J connectivity index is 0.00000364. The van der Waals surface area contributed by atoms with Gasteiger partial charge in [0.25, 0.3) is 0 Å². The highest BCUT2D eigenvalue weighted by atomic mass is 35.5. The van der Waals surface area contributed by atoms with Crippen LogP contribution < -0.4 is 16.4 Å². The van der Waals surface area contributed by atoms with Crippen molar-refractivity contribution >= 4 is 42.5 Å². The molecule has 164 valence electrons. The van der Waals surface area contributed by atoms with Crippen LogP contribution in [0.5, 0.6) is 0 Å². The molecule has 2 heterocycles. The molecule has 9 nitrogen and oxygen atoms in total. The van der Waals surface area contributed by atoms with E-state index >= 15 is 0 Å². The van der Waals surface area contributed by atoms with E-state index in [4.69, 9.17) is 10.5 Å². The van der Waals surface area contributed by atoms with Crippen molar-refractivity contribution < 1.29 is 19.1 Å². The van der Waals surface area contributed by atoms with Gasteiger partial charge in [-0.1, -0.05) is 13.8 Å². The monoisotopic (exact) mass is 441 g/mol. The topological polar surface area (TPSA) is 117 Å². The number of nitrogens with two attached hydrogens (primary N) is 1. The number of rotatable bonds is 8. The molecule has 0 aromatic carbocycles. The maximum absolute atomic E-state index is 12.1. The number of nitrogens with zero attached hydrogens (tertiary/aromatic N) is 2. The summed E-state index contributed by atoms with van der Waals surface area (Å²) in [4.78, 5) is 39.9. The third-order valence-corrected chi connectivity index (χ3v) is 4.81. The minimum Gasteiger partial charge on any atom is -0.379 e. The van der Waals surface area contributed by atoms with Crippen LogP contribution in [0.3, 0.4) is 0 Å². The van der Waals surface area contributed by atoms with Gasteiger partial charge >= 0.3 is 0 Å². The van der Waals surface area contributed by atoms with E-state index in [1.807, 2.05) is 13.8 Å². The zero-order chi connectivity index (χ0) is 19.1. The molecule has 2 saturated heterocycles. The fourth-order valence-electron chi connectivity index (χ4n) is 3.04. The van der Waals surface area contributed by atoms with Crippen molar-refractivity contribution in [1.82, 2.24) is 20.4 Å². The molecule has 2 atom stereocenters. The molecule has 3 amide bonds. The quantitative estimate of drug-likeness (QED) is 0.443. The van der Waals surface area contributed by atoms with Crippen LogP contribution in [0.15, 0.2) is 0 Å². The van der Waals surface area contributed by atoms with E-state index in [0.717, 1.165) is 32.8 Å². The minimum absolute atomic E-state index is 0. The highest BCUT2D eigenvalue weighted by Gasteiger charge is 2.30. The SMILES string of the molecule is CC(C)[C@H](N)C(=O)NCC(=O)NC1CC(=O)N(CCN2CCOCC2)C1.Cl.Cl. The van der Waals surface area contributed by atoms with E-state index in [9.17, 15) is 14.4 Å². The van der Waals surface area contributed by atoms with Gasteiger partial charge in [0.15, 0.2) is 0 Å². The first kappa shape index (κ1) is 26.9. The molecule has 4 N–H and O–H groups in total. The number of ether oxygens (including phenoxy) is 1. The lowest BCUT2D eigenvalue weighted by Crippen LogP contribution is -2.48. The Morgan fingerprint density at radius 3 is 2.46 bits per heavy atom. The molecule has 0 radical (unpaired) electrons. The summed E-state index contributed by atoms with van der Waals surface area (Å²) in [6.07, 6.45) is 0.300. The second-order valence-electron chi connectivity index (χ2n) is 7.25. The van der Waals surface area contributed by atoms with E-state index in [2.05, 4.69) is 15.5 Å². The van der Waals surface area contributed by atoms with E-state index in [0.29, 0.717) is 19.5 Å². The Morgan fingerprint density at radius 1 is 1.21 bits per heavy atom. The number of amides is 3. The van der Waals surface area contributed by atoms with Gasteiger partial charge in [0, 0.05) is 39.1 Å². The smallest absolute Gasteiger partial charge is 0.239 e. The lowest BCUT2D eigenvalue weighted by molar-refractivity contribution is -0.128. The third kappa shape index (κ3) is 8.48. The van der Waals surface area contributed by atoms with Crippen LogP contribution in [0.25, 0.3) is 0 Å². The molecule has 0 bridgehead atoms. The van der Waals surface area contributed by atoms with Crippen molar-refractivity contribution in [3.05, 3.63) is 0 Å². The number of hydrogen-bond acceptors (Lipinski definition) is 6. The first-order chi connectivity index (χ1) is 12.4. The van der Waals surface area contributed by atoms with Crippen molar-refractivity contribution in [2.75, 3.05) is 52.5 Å². The van der Waals surface area contributed by atoms with E-state index in [1.54, 1.807) is 4.90 Å². The molecule has 2 rings (SSSR count). The predicted molar refractivity (Wildman–Crippen MR) is 111 cm³/mol. The van der Waals surface area contributed by atoms with Gasteiger partial charge in [0.1, 0.15) is 0 Å². The van der Waals surface area contributed by atoms with Gasteiger partial charge in [-0.05, 0) is 5.92 Å². The number of nitrogens with one attached hydrogen (secondary N) is 2. The van der Waals surface area contributed by atoms with Crippen LogP contribution in [0.1, 0.15) is 20.3 Å². The Morgan fingerprint density at radius 2 is 1.86 bits per heavy atom. The summed E-state index contributed by atoms with van der Waals surface area (Å²) < 4.78 is 5.31. The van der Waals surface area contributed by atoms with E-state index < -0.39 is 6.04 Å². The highest BCUT2D eigenvalue weighted by Crippen LogP contribution is 2.11. The number of likely N-dealkylation sites (tertiary alicyclic amines) is 1. The minimum atomic E-state index is -0.633. The summed E-state index contributed by atoms with van der Waals surface area (Å²) in [7, 11) is 0. The second kappa shape index (κ2) is 13.2. The molecule has 1 unspecified atom stereocenters. The summed E-state index contributed by atoms with van der Waals surface area (Å²) in [5.74, 6) is -0.591. The van der Waals surface area contributed by atoms with Crippen molar-refractivity contribution in [1.29, 1.82) is 0 Å². The lowest BCUT2D eigenvalue weighted by atomic mass is 10.1. The lowest BCUT2D eigenvalue weighted by Gasteiger charge is -2.28. The van der Waals surface area contributed by atoms with E-state index in [-0.39, 0.29) is 61.0 Å². The maximum atomic E-state index is 12.1. The number of carbonyl (C=O) groups excluding carboxylic acids is 3. The summed E-state index contributed by atoms with van der Waals surface area (Å²) in [5, 5.41) is 5.35. The summed E-state index contributed by atoms with van der Waals surface area (Å²) in [5.41, 5.74) is 5.73. The molecule has 28 heavy (non-hydrogen) atoms. The summed E-state index contributed by atoms with van der Waals surface area (Å²) in [6.45, 7) is 8.80. The Kier molecular flexibility index (Phi) is 12.6. The van der Waals surface area contributed by atoms with Gasteiger partial charge in [0.05, 0.1) is 31.8 Å². The van der Waals surface area contributed by atoms with Gasteiger partial charge in [-0.3, -0.25) is 19.3 Å². The van der Waals surface area contributed by atoms with Gasteiger partial charge in [-0.15, -0.1) is 24.8 Å². The van der Waals surface area contributed by atoms with Gasteiger partial charge < -0.3 is 26.0 Å². The van der Waals surface area contributed by atoms with E-state index in [1.165, 1.54) is 0 Å². The molecule has 2 aliphatic heterocycles. The molecule has 2 aliphatic rings. The first-order valence-electron chi connectivity index (χ1n) is 9.27. The molecule has 0 saturated carbocycles. The Labute approximate surface area is 178 Å². The summed E-state index contributed by atoms with van der Waals surface area (Å²) >= 11 is 0. The first-order valence-corrected chi connectivity index (χ1v) is 9.27. The molecule has 0 aromatic rings. The second-order valence-corrected chi connectivity index (χ2v) is 7.25. The van der Waals surface area contributed by atoms with Gasteiger partial charge in [0.2, 0.25) is 17.7 Å². The fraction of sp³-hybridized carbons (Fsp3) is 0.824. The number of carbonyl (C=O) groups is 3. The van der Waals surface area contributed by atoms with Crippen molar-refractivity contribution in [3.8, 4) is 0 Å².